The molecule has 20 heavy (non-hydrogen) atoms. The summed E-state index contributed by atoms with van der Waals surface area (Å²) in [6.45, 7) is 9.23. The lowest BCUT2D eigenvalue weighted by atomic mass is 9.71. The van der Waals surface area contributed by atoms with E-state index in [4.69, 9.17) is 4.74 Å². The quantitative estimate of drug-likeness (QED) is 0.643. The third-order valence-corrected chi connectivity index (χ3v) is 4.85. The van der Waals surface area contributed by atoms with Crippen molar-refractivity contribution in [3.8, 4) is 0 Å². The van der Waals surface area contributed by atoms with E-state index in [0.29, 0.717) is 11.5 Å². The summed E-state index contributed by atoms with van der Waals surface area (Å²) in [7, 11) is 0. The first kappa shape index (κ1) is 16.0. The van der Waals surface area contributed by atoms with Crippen LogP contribution in [-0.4, -0.2) is 11.4 Å². The van der Waals surface area contributed by atoms with Gasteiger partial charge >= 0.3 is 0 Å². The van der Waals surface area contributed by atoms with Crippen LogP contribution in [0.5, 0.6) is 0 Å². The largest absolute Gasteiger partial charge is 0.369 e. The molecule has 1 saturated carbocycles. The van der Waals surface area contributed by atoms with Crippen molar-refractivity contribution in [1.82, 2.24) is 0 Å². The highest BCUT2D eigenvalue weighted by Crippen LogP contribution is 2.41. The Labute approximate surface area is 132 Å². The highest BCUT2D eigenvalue weighted by Gasteiger charge is 2.33. The van der Waals surface area contributed by atoms with E-state index in [1.54, 1.807) is 0 Å². The van der Waals surface area contributed by atoms with Crippen molar-refractivity contribution in [1.29, 1.82) is 0 Å². The van der Waals surface area contributed by atoms with Crippen molar-refractivity contribution < 1.29 is 4.74 Å². The topological polar surface area (TPSA) is 9.23 Å². The van der Waals surface area contributed by atoms with Gasteiger partial charge in [0.15, 0.2) is 0 Å². The van der Waals surface area contributed by atoms with Crippen LogP contribution in [0.15, 0.2) is 24.3 Å². The van der Waals surface area contributed by atoms with Crippen LogP contribution < -0.4 is 0 Å². The number of aryl methyl sites for hydroxylation is 1. The predicted molar refractivity (Wildman–Crippen MR) is 89.4 cm³/mol. The Hall–Kier alpha value is -0.340. The van der Waals surface area contributed by atoms with Gasteiger partial charge in [0.25, 0.3) is 0 Å². The van der Waals surface area contributed by atoms with Crippen molar-refractivity contribution in [2.24, 2.45) is 11.3 Å². The third kappa shape index (κ3) is 4.33. The van der Waals surface area contributed by atoms with Gasteiger partial charge < -0.3 is 4.74 Å². The second kappa shape index (κ2) is 6.62. The molecule has 1 aliphatic rings. The summed E-state index contributed by atoms with van der Waals surface area (Å²) in [6, 6.07) is 8.68. The van der Waals surface area contributed by atoms with Gasteiger partial charge in [-0.2, -0.15) is 0 Å². The molecule has 0 radical (unpaired) electrons. The molecule has 3 atom stereocenters. The van der Waals surface area contributed by atoms with Gasteiger partial charge in [-0.25, -0.2) is 0 Å². The molecule has 0 aliphatic heterocycles. The summed E-state index contributed by atoms with van der Waals surface area (Å²) in [5, 5.41) is 0.863. The monoisotopic (exact) mass is 338 g/mol. The van der Waals surface area contributed by atoms with Crippen LogP contribution in [0.4, 0.5) is 0 Å². The number of benzene rings is 1. The molecule has 1 nitrogen and oxygen atoms in total. The van der Waals surface area contributed by atoms with Crippen LogP contribution in [0.25, 0.3) is 0 Å². The summed E-state index contributed by atoms with van der Waals surface area (Å²) in [4.78, 5) is 0. The van der Waals surface area contributed by atoms with E-state index < -0.39 is 0 Å². The third-order valence-electron chi connectivity index (χ3n) is 4.26. The Morgan fingerprint density at radius 2 is 2.10 bits per heavy atom. The normalized spacial score (nSPS) is 27.2. The summed E-state index contributed by atoms with van der Waals surface area (Å²) >= 11 is 3.62. The molecule has 0 aromatic heterocycles. The van der Waals surface area contributed by atoms with Gasteiger partial charge in [-0.15, -0.1) is 0 Å². The first-order valence-electron chi connectivity index (χ1n) is 7.67. The average molecular weight is 339 g/mol. The van der Waals surface area contributed by atoms with Gasteiger partial charge in [-0.3, -0.25) is 0 Å². The molecule has 1 aliphatic carbocycles. The highest BCUT2D eigenvalue weighted by molar-refractivity contribution is 9.09. The van der Waals surface area contributed by atoms with Crippen LogP contribution in [-0.2, 0) is 4.74 Å². The van der Waals surface area contributed by atoms with E-state index in [0.717, 1.165) is 11.2 Å². The van der Waals surface area contributed by atoms with Crippen LogP contribution in [0.2, 0.25) is 0 Å². The highest BCUT2D eigenvalue weighted by atomic mass is 79.9. The van der Waals surface area contributed by atoms with E-state index in [1.807, 2.05) is 0 Å². The van der Waals surface area contributed by atoms with Gasteiger partial charge in [0.1, 0.15) is 0 Å². The molecule has 2 rings (SSSR count). The lowest BCUT2D eigenvalue weighted by Crippen LogP contribution is -2.33. The second-order valence-corrected chi connectivity index (χ2v) is 7.88. The number of halogens is 1. The number of hydrogen-bond donors (Lipinski definition) is 0. The minimum absolute atomic E-state index is 0.168. The first-order valence-corrected chi connectivity index (χ1v) is 8.80. The van der Waals surface area contributed by atoms with Crippen molar-refractivity contribution in [3.63, 3.8) is 0 Å². The lowest BCUT2D eigenvalue weighted by Gasteiger charge is -2.40. The van der Waals surface area contributed by atoms with E-state index >= 15 is 0 Å². The molecular formula is C18H27BrO. The Morgan fingerprint density at radius 1 is 1.35 bits per heavy atom. The molecule has 1 fully saturated rings. The molecule has 1 aromatic carbocycles. The molecule has 0 amide bonds. The minimum atomic E-state index is 0.168. The maximum absolute atomic E-state index is 6.44. The summed E-state index contributed by atoms with van der Waals surface area (Å²) in [6.07, 6.45) is 4.24. The van der Waals surface area contributed by atoms with E-state index in [-0.39, 0.29) is 6.10 Å². The molecular weight excluding hydrogens is 312 g/mol. The molecule has 3 unspecified atom stereocenters. The molecule has 0 bridgehead atoms. The second-order valence-electron chi connectivity index (χ2n) is 7.23. The van der Waals surface area contributed by atoms with Crippen LogP contribution in [0.1, 0.15) is 57.3 Å². The van der Waals surface area contributed by atoms with Gasteiger partial charge in [-0.1, -0.05) is 66.5 Å². The summed E-state index contributed by atoms with van der Waals surface area (Å²) < 4.78 is 6.44. The average Bonchev–Trinajstić information content (AvgIpc) is 2.33. The zero-order valence-electron chi connectivity index (χ0n) is 13.2. The van der Waals surface area contributed by atoms with Gasteiger partial charge in [0, 0.05) is 5.33 Å². The SMILES string of the molecule is Cc1cccc(C(CBr)OC2CC(C)CC(C)(C)C2)c1. The van der Waals surface area contributed by atoms with Crippen LogP contribution >= 0.6 is 15.9 Å². The summed E-state index contributed by atoms with van der Waals surface area (Å²) in [5.74, 6) is 0.761. The predicted octanol–water partition coefficient (Wildman–Crippen LogP) is 5.66. The number of ether oxygens (including phenoxy) is 1. The van der Waals surface area contributed by atoms with E-state index in [1.165, 1.54) is 30.4 Å². The Kier molecular flexibility index (Phi) is 5.30. The van der Waals surface area contributed by atoms with Crippen molar-refractivity contribution in [2.75, 3.05) is 5.33 Å². The zero-order chi connectivity index (χ0) is 14.8. The molecule has 112 valence electrons. The Bertz CT molecular complexity index is 441. The molecule has 0 saturated heterocycles. The molecule has 2 heteroatoms. The molecule has 0 spiro atoms. The van der Waals surface area contributed by atoms with Gasteiger partial charge in [-0.05, 0) is 43.1 Å². The number of hydrogen-bond acceptors (Lipinski definition) is 1. The maximum atomic E-state index is 6.44. The Balaban J connectivity index is 2.06. The smallest absolute Gasteiger partial charge is 0.0925 e. The van der Waals surface area contributed by atoms with E-state index in [9.17, 15) is 0 Å². The fraction of sp³-hybridized carbons (Fsp3) is 0.667. The molecule has 0 heterocycles. The maximum Gasteiger partial charge on any atom is 0.0925 e. The first-order chi connectivity index (χ1) is 9.39. The van der Waals surface area contributed by atoms with Crippen LogP contribution in [0, 0.1) is 18.3 Å². The van der Waals surface area contributed by atoms with Gasteiger partial charge in [0.05, 0.1) is 12.2 Å². The van der Waals surface area contributed by atoms with Crippen molar-refractivity contribution >= 4 is 15.9 Å². The summed E-state index contributed by atoms with van der Waals surface area (Å²) in [5.41, 5.74) is 3.00. The fourth-order valence-electron chi connectivity index (χ4n) is 3.67. The minimum Gasteiger partial charge on any atom is -0.369 e. The number of alkyl halides is 1. The lowest BCUT2D eigenvalue weighted by molar-refractivity contribution is -0.0579. The van der Waals surface area contributed by atoms with Gasteiger partial charge in [0.2, 0.25) is 0 Å². The van der Waals surface area contributed by atoms with E-state index in [2.05, 4.69) is 67.9 Å². The Morgan fingerprint density at radius 3 is 2.70 bits per heavy atom. The van der Waals surface area contributed by atoms with Crippen molar-refractivity contribution in [2.45, 2.75) is 59.2 Å². The number of rotatable bonds is 4. The zero-order valence-corrected chi connectivity index (χ0v) is 14.7. The molecule has 1 aromatic rings. The van der Waals surface area contributed by atoms with Crippen molar-refractivity contribution in [3.05, 3.63) is 35.4 Å². The van der Waals surface area contributed by atoms with Crippen LogP contribution in [0.3, 0.4) is 0 Å². The molecule has 0 N–H and O–H groups in total. The standard InChI is InChI=1S/C18H27BrO/c1-13-6-5-7-15(8-13)17(12-19)20-16-9-14(2)10-18(3,4)11-16/h5-8,14,16-17H,9-12H2,1-4H3. The fourth-order valence-corrected chi connectivity index (χ4v) is 4.20.